The molecule has 0 saturated heterocycles. The number of rotatable bonds is 5. The van der Waals surface area contributed by atoms with Crippen molar-refractivity contribution >= 4 is 29.5 Å². The lowest BCUT2D eigenvalue weighted by Crippen LogP contribution is -2.32. The van der Waals surface area contributed by atoms with E-state index >= 15 is 0 Å². The molecule has 1 aliphatic rings. The molecule has 0 aliphatic carbocycles. The molecule has 0 bridgehead atoms. The molecule has 2 heterocycles. The van der Waals surface area contributed by atoms with Gasteiger partial charge in [0.2, 0.25) is 0 Å². The van der Waals surface area contributed by atoms with Gasteiger partial charge in [-0.1, -0.05) is 29.8 Å². The fourth-order valence-corrected chi connectivity index (χ4v) is 3.41. The predicted octanol–water partition coefficient (Wildman–Crippen LogP) is 2.48. The zero-order valence-corrected chi connectivity index (χ0v) is 19.5. The van der Waals surface area contributed by atoms with Crippen molar-refractivity contribution in [3.63, 3.8) is 0 Å². The Bertz CT molecular complexity index is 1100. The van der Waals surface area contributed by atoms with Crippen LogP contribution in [0, 0.1) is 0 Å². The van der Waals surface area contributed by atoms with E-state index in [4.69, 9.17) is 32.7 Å². The lowest BCUT2D eigenvalue weighted by atomic mass is 10.0. The number of nitrogens with one attached hydrogen (secondary N) is 2. The van der Waals surface area contributed by atoms with Crippen LogP contribution >= 0.6 is 11.6 Å². The highest BCUT2D eigenvalue weighted by Crippen LogP contribution is 2.18. The molecule has 186 valence electrons. The van der Waals surface area contributed by atoms with Crippen LogP contribution in [-0.4, -0.2) is 62.3 Å². The van der Waals surface area contributed by atoms with Gasteiger partial charge in [0.25, 0.3) is 0 Å². The molecule has 35 heavy (non-hydrogen) atoms. The van der Waals surface area contributed by atoms with Crippen LogP contribution in [0.5, 0.6) is 0 Å². The number of carbonyl (C=O) groups is 3. The number of carboxylic acid groups (broad SMARTS) is 3. The van der Waals surface area contributed by atoms with Crippen LogP contribution in [0.2, 0.25) is 5.02 Å². The highest BCUT2D eigenvalue weighted by Gasteiger charge is 2.14. The summed E-state index contributed by atoms with van der Waals surface area (Å²) in [5.41, 5.74) is 8.48. The molecule has 2 aromatic carbocycles. The van der Waals surface area contributed by atoms with Gasteiger partial charge >= 0.3 is 17.9 Å². The normalized spacial score (nSPS) is 13.0. The third-order valence-electron chi connectivity index (χ3n) is 5.01. The minimum Gasteiger partial charge on any atom is -0.480 e. The lowest BCUT2D eigenvalue weighted by molar-refractivity contribution is -0.138. The standard InChI is InChI=1S/C10H12ClN.C8H6O4.C6H9N3O2/c11-10-2-1-8-3-5-12-6-4-9(8)7-10;9-7(10)5-3-1-2-4-6(5)8(11)12;7-5(6(10)11)1-4-2-8-3-9-4/h1-2,7,12H,3-6H2;1-4H,(H,9,10)(H,11,12);2-3,5H,1,7H2,(H,8,9)(H,10,11). The summed E-state index contributed by atoms with van der Waals surface area (Å²) in [6, 6.07) is 10.8. The van der Waals surface area contributed by atoms with E-state index in [1.807, 2.05) is 6.07 Å². The maximum absolute atomic E-state index is 10.5. The van der Waals surface area contributed by atoms with Gasteiger partial charge in [0, 0.05) is 23.3 Å². The van der Waals surface area contributed by atoms with Gasteiger partial charge < -0.3 is 31.4 Å². The Morgan fingerprint density at radius 2 is 1.57 bits per heavy atom. The Kier molecular flexibility index (Phi) is 10.9. The quantitative estimate of drug-likeness (QED) is 0.305. The number of hydrogen-bond donors (Lipinski definition) is 6. The highest BCUT2D eigenvalue weighted by atomic mass is 35.5. The van der Waals surface area contributed by atoms with Crippen LogP contribution < -0.4 is 11.1 Å². The molecule has 1 atom stereocenters. The van der Waals surface area contributed by atoms with Crippen LogP contribution in [0.3, 0.4) is 0 Å². The fourth-order valence-electron chi connectivity index (χ4n) is 3.22. The Morgan fingerprint density at radius 1 is 0.971 bits per heavy atom. The Morgan fingerprint density at radius 3 is 2.09 bits per heavy atom. The van der Waals surface area contributed by atoms with E-state index in [0.717, 1.165) is 36.6 Å². The molecule has 1 aliphatic heterocycles. The van der Waals surface area contributed by atoms with Crippen LogP contribution in [0.1, 0.15) is 37.5 Å². The van der Waals surface area contributed by atoms with Gasteiger partial charge in [-0.05, 0) is 61.3 Å². The molecule has 7 N–H and O–H groups in total. The molecule has 0 amide bonds. The van der Waals surface area contributed by atoms with E-state index in [1.54, 1.807) is 6.20 Å². The second kappa shape index (κ2) is 13.9. The second-order valence-electron chi connectivity index (χ2n) is 7.54. The van der Waals surface area contributed by atoms with Gasteiger partial charge in [-0.2, -0.15) is 0 Å². The van der Waals surface area contributed by atoms with Crippen molar-refractivity contribution in [2.75, 3.05) is 13.1 Å². The number of imidazole rings is 1. The van der Waals surface area contributed by atoms with Crippen molar-refractivity contribution in [2.45, 2.75) is 25.3 Å². The summed E-state index contributed by atoms with van der Waals surface area (Å²) in [5, 5.41) is 29.8. The van der Waals surface area contributed by atoms with E-state index in [0.29, 0.717) is 0 Å². The molecular weight excluding hydrogens is 476 g/mol. The van der Waals surface area contributed by atoms with Crippen molar-refractivity contribution in [1.82, 2.24) is 15.3 Å². The molecule has 0 radical (unpaired) electrons. The average Bonchev–Trinajstić information content (AvgIpc) is 3.23. The number of benzene rings is 2. The molecule has 10 nitrogen and oxygen atoms in total. The third-order valence-corrected chi connectivity index (χ3v) is 5.25. The van der Waals surface area contributed by atoms with E-state index in [1.165, 1.54) is 41.7 Å². The van der Waals surface area contributed by atoms with Gasteiger partial charge in [0.05, 0.1) is 17.5 Å². The van der Waals surface area contributed by atoms with Gasteiger partial charge in [-0.25, -0.2) is 14.6 Å². The van der Waals surface area contributed by atoms with Gasteiger partial charge in [0.1, 0.15) is 6.04 Å². The molecule has 0 saturated carbocycles. The molecule has 1 aromatic heterocycles. The predicted molar refractivity (Wildman–Crippen MR) is 130 cm³/mol. The minimum atomic E-state index is -1.23. The van der Waals surface area contributed by atoms with Gasteiger partial charge in [-0.15, -0.1) is 0 Å². The van der Waals surface area contributed by atoms with E-state index in [-0.39, 0.29) is 17.5 Å². The fraction of sp³-hybridized carbons (Fsp3) is 0.250. The van der Waals surface area contributed by atoms with Gasteiger partial charge in [0.15, 0.2) is 0 Å². The van der Waals surface area contributed by atoms with Crippen LogP contribution in [-0.2, 0) is 24.1 Å². The SMILES string of the molecule is Clc1ccc2c(c1)CCNCC2.NC(Cc1cnc[nH]1)C(=O)O.O=C(O)c1ccccc1C(=O)O. The number of nitrogens with zero attached hydrogens (tertiary/aromatic N) is 1. The lowest BCUT2D eigenvalue weighted by Gasteiger charge is -2.03. The number of nitrogens with two attached hydrogens (primary N) is 1. The van der Waals surface area contributed by atoms with Crippen molar-refractivity contribution in [3.8, 4) is 0 Å². The number of aromatic carboxylic acids is 2. The largest absolute Gasteiger partial charge is 0.480 e. The summed E-state index contributed by atoms with van der Waals surface area (Å²) in [7, 11) is 0. The summed E-state index contributed by atoms with van der Waals surface area (Å²) >= 11 is 5.91. The number of hydrogen-bond acceptors (Lipinski definition) is 6. The van der Waals surface area contributed by atoms with E-state index in [9.17, 15) is 14.4 Å². The summed E-state index contributed by atoms with van der Waals surface area (Å²) < 4.78 is 0. The minimum absolute atomic E-state index is 0.190. The number of aromatic amines is 1. The molecular formula is C24H27ClN4O6. The molecule has 0 spiro atoms. The van der Waals surface area contributed by atoms with Crippen molar-refractivity contribution in [3.05, 3.63) is 88.0 Å². The molecule has 0 fully saturated rings. The summed E-state index contributed by atoms with van der Waals surface area (Å²) in [5.74, 6) is -3.46. The number of fused-ring (bicyclic) bond motifs is 1. The summed E-state index contributed by atoms with van der Waals surface area (Å²) in [6.45, 7) is 2.17. The van der Waals surface area contributed by atoms with Crippen LogP contribution in [0.15, 0.2) is 55.0 Å². The van der Waals surface area contributed by atoms with Crippen LogP contribution in [0.4, 0.5) is 0 Å². The molecule has 11 heteroatoms. The number of aliphatic carboxylic acids is 1. The number of halogens is 1. The molecule has 4 rings (SSSR count). The Hall–Kier alpha value is -3.73. The van der Waals surface area contributed by atoms with E-state index < -0.39 is 23.9 Å². The van der Waals surface area contributed by atoms with Crippen molar-refractivity contribution < 1.29 is 29.7 Å². The Balaban J connectivity index is 0.000000185. The first-order valence-corrected chi connectivity index (χ1v) is 11.1. The zero-order chi connectivity index (χ0) is 25.8. The Labute approximate surface area is 206 Å². The zero-order valence-electron chi connectivity index (χ0n) is 18.8. The van der Waals surface area contributed by atoms with E-state index in [2.05, 4.69) is 27.4 Å². The number of H-pyrrole nitrogens is 1. The number of aromatic nitrogens is 2. The first-order chi connectivity index (χ1) is 16.7. The first kappa shape index (κ1) is 27.5. The first-order valence-electron chi connectivity index (χ1n) is 10.7. The smallest absolute Gasteiger partial charge is 0.336 e. The summed E-state index contributed by atoms with van der Waals surface area (Å²) in [4.78, 5) is 37.7. The van der Waals surface area contributed by atoms with Crippen LogP contribution in [0.25, 0.3) is 0 Å². The third kappa shape index (κ3) is 9.20. The second-order valence-corrected chi connectivity index (χ2v) is 7.98. The summed E-state index contributed by atoms with van der Waals surface area (Å²) in [6.07, 6.45) is 5.57. The topological polar surface area (TPSA) is 179 Å². The monoisotopic (exact) mass is 502 g/mol. The van der Waals surface area contributed by atoms with Crippen molar-refractivity contribution in [2.24, 2.45) is 5.73 Å². The highest BCUT2D eigenvalue weighted by molar-refractivity contribution is 6.30. The average molecular weight is 503 g/mol. The van der Waals surface area contributed by atoms with Gasteiger partial charge in [-0.3, -0.25) is 4.79 Å². The molecule has 1 unspecified atom stereocenters. The number of carboxylic acids is 3. The molecule has 3 aromatic rings. The maximum Gasteiger partial charge on any atom is 0.336 e. The van der Waals surface area contributed by atoms with Crippen molar-refractivity contribution in [1.29, 1.82) is 0 Å². The maximum atomic E-state index is 10.5.